The first-order valence-corrected chi connectivity index (χ1v) is 10.5. The number of benzene rings is 1. The summed E-state index contributed by atoms with van der Waals surface area (Å²) in [7, 11) is 0. The third-order valence-electron chi connectivity index (χ3n) is 8.32. The molecule has 0 unspecified atom stereocenters. The van der Waals surface area contributed by atoms with Crippen LogP contribution in [0.4, 0.5) is 0 Å². The summed E-state index contributed by atoms with van der Waals surface area (Å²) in [6.45, 7) is 5.06. The molecule has 5 atom stereocenters. The minimum atomic E-state index is 0.428. The van der Waals surface area contributed by atoms with Gasteiger partial charge in [-0.05, 0) is 104 Å². The smallest absolute Gasteiger partial charge is 0.124 e. The van der Waals surface area contributed by atoms with Gasteiger partial charge in [-0.1, -0.05) is 13.8 Å². The molecule has 2 heteroatoms. The number of phenolic OH excluding ortho intramolecular Hbond substituents is 1. The van der Waals surface area contributed by atoms with Crippen LogP contribution >= 0.6 is 0 Å². The highest BCUT2D eigenvalue weighted by atomic mass is 16.3. The van der Waals surface area contributed by atoms with E-state index >= 15 is 0 Å². The third-order valence-corrected chi connectivity index (χ3v) is 8.32. The Bertz CT molecular complexity index is 719. The van der Waals surface area contributed by atoms with Crippen LogP contribution in [-0.2, 0) is 6.42 Å². The van der Waals surface area contributed by atoms with E-state index in [1.807, 2.05) is 12.3 Å². The zero-order valence-corrected chi connectivity index (χ0v) is 15.7. The molecule has 0 saturated heterocycles. The van der Waals surface area contributed by atoms with Gasteiger partial charge in [-0.15, -0.1) is 0 Å². The Balaban J connectivity index is 1.49. The summed E-state index contributed by atoms with van der Waals surface area (Å²) in [6, 6.07) is 4.85. The maximum atomic E-state index is 10.4. The van der Waals surface area contributed by atoms with Crippen LogP contribution in [0.2, 0.25) is 0 Å². The van der Waals surface area contributed by atoms with E-state index in [1.165, 1.54) is 56.1 Å². The van der Waals surface area contributed by atoms with Crippen molar-refractivity contribution in [2.45, 2.75) is 77.2 Å². The molecule has 1 aromatic carbocycles. The molecule has 134 valence electrons. The van der Waals surface area contributed by atoms with Crippen molar-refractivity contribution >= 4 is 6.21 Å². The molecule has 0 heterocycles. The highest BCUT2D eigenvalue weighted by molar-refractivity contribution is 5.84. The van der Waals surface area contributed by atoms with Crippen LogP contribution in [0.15, 0.2) is 17.1 Å². The van der Waals surface area contributed by atoms with Gasteiger partial charge in [0.1, 0.15) is 5.75 Å². The third kappa shape index (κ3) is 2.47. The molecule has 0 aromatic heterocycles. The minimum absolute atomic E-state index is 0.428. The second kappa shape index (κ2) is 5.59. The monoisotopic (exact) mass is 337 g/mol. The Hall–Kier alpha value is -1.31. The minimum Gasteiger partial charge on any atom is -0.507 e. The van der Waals surface area contributed by atoms with Crippen LogP contribution in [0.3, 0.4) is 0 Å². The highest BCUT2D eigenvalue weighted by Crippen LogP contribution is 2.62. The van der Waals surface area contributed by atoms with Crippen molar-refractivity contribution in [3.63, 3.8) is 0 Å². The summed E-state index contributed by atoms with van der Waals surface area (Å²) in [6.07, 6.45) is 12.4. The topological polar surface area (TPSA) is 32.6 Å². The lowest BCUT2D eigenvalue weighted by molar-refractivity contribution is 0.0336. The van der Waals surface area contributed by atoms with Crippen LogP contribution in [0, 0.1) is 23.2 Å². The number of aliphatic imine (C=N–C) groups is 1. The molecule has 2 nitrogen and oxygen atoms in total. The van der Waals surface area contributed by atoms with E-state index in [9.17, 15) is 5.11 Å². The fraction of sp³-hybridized carbons (Fsp3) is 0.696. The van der Waals surface area contributed by atoms with Crippen molar-refractivity contribution in [2.24, 2.45) is 28.2 Å². The number of fused-ring (bicyclic) bond motifs is 5. The van der Waals surface area contributed by atoms with Crippen molar-refractivity contribution < 1.29 is 5.11 Å². The Kier molecular flexibility index (Phi) is 3.56. The Morgan fingerprint density at radius 3 is 2.76 bits per heavy atom. The fourth-order valence-electron chi connectivity index (χ4n) is 6.40. The first-order chi connectivity index (χ1) is 12.1. The van der Waals surface area contributed by atoms with Gasteiger partial charge in [0.2, 0.25) is 0 Å². The normalized spacial score (nSPS) is 39.9. The SMILES string of the molecule is C[C@H]1CC[C@H]2[C@@H]3CCc4cc(O)c(C=NC5CC5)cc4[C@H]3CC[C@]12C. The summed E-state index contributed by atoms with van der Waals surface area (Å²) in [5, 5.41) is 10.4. The molecule has 4 aliphatic rings. The van der Waals surface area contributed by atoms with Crippen molar-refractivity contribution in [1.82, 2.24) is 0 Å². The molecule has 0 radical (unpaired) electrons. The molecule has 0 bridgehead atoms. The standard InChI is InChI=1S/C23H31NO/c1-14-3-8-21-19-7-4-15-12-22(25)16(13-24-17-5-6-17)11-20(15)18(19)9-10-23(14,21)2/h11-14,17-19,21,25H,3-10H2,1-2H3/t14-,18-,19+,21-,23+/m0/s1. The molecule has 25 heavy (non-hydrogen) atoms. The van der Waals surface area contributed by atoms with E-state index in [1.54, 1.807) is 0 Å². The zero-order valence-electron chi connectivity index (χ0n) is 15.7. The maximum Gasteiger partial charge on any atom is 0.124 e. The Labute approximate surface area is 151 Å². The van der Waals surface area contributed by atoms with Crippen molar-refractivity contribution in [3.05, 3.63) is 28.8 Å². The number of hydrogen-bond donors (Lipinski definition) is 1. The van der Waals surface area contributed by atoms with Gasteiger partial charge >= 0.3 is 0 Å². The predicted octanol–water partition coefficient (Wildman–Crippen LogP) is 5.47. The predicted molar refractivity (Wildman–Crippen MR) is 103 cm³/mol. The number of aromatic hydroxyl groups is 1. The summed E-state index contributed by atoms with van der Waals surface area (Å²) in [5.41, 5.74) is 4.45. The molecule has 1 aromatic rings. The summed E-state index contributed by atoms with van der Waals surface area (Å²) >= 11 is 0. The number of phenols is 1. The molecular formula is C23H31NO. The van der Waals surface area contributed by atoms with Gasteiger partial charge in [-0.2, -0.15) is 0 Å². The lowest BCUT2D eigenvalue weighted by Gasteiger charge is -2.50. The molecule has 3 saturated carbocycles. The second-order valence-corrected chi connectivity index (χ2v) is 9.56. The van der Waals surface area contributed by atoms with Crippen LogP contribution in [0.1, 0.15) is 81.4 Å². The van der Waals surface area contributed by atoms with Crippen LogP contribution in [0.5, 0.6) is 5.75 Å². The lowest BCUT2D eigenvalue weighted by atomic mass is 9.54. The first-order valence-electron chi connectivity index (χ1n) is 10.5. The molecule has 5 rings (SSSR count). The van der Waals surface area contributed by atoms with Gasteiger partial charge in [0.25, 0.3) is 0 Å². The number of hydrogen-bond acceptors (Lipinski definition) is 2. The van der Waals surface area contributed by atoms with E-state index in [4.69, 9.17) is 0 Å². The lowest BCUT2D eigenvalue weighted by Crippen LogP contribution is -2.41. The molecular weight excluding hydrogens is 306 g/mol. The van der Waals surface area contributed by atoms with Gasteiger partial charge in [-0.3, -0.25) is 4.99 Å². The average molecular weight is 338 g/mol. The van der Waals surface area contributed by atoms with Gasteiger partial charge in [0.15, 0.2) is 0 Å². The van der Waals surface area contributed by atoms with Gasteiger partial charge in [-0.25, -0.2) is 0 Å². The van der Waals surface area contributed by atoms with Gasteiger partial charge in [0, 0.05) is 11.8 Å². The van der Waals surface area contributed by atoms with Crippen molar-refractivity contribution in [3.8, 4) is 5.75 Å². The molecule has 1 N–H and O–H groups in total. The highest BCUT2D eigenvalue weighted by Gasteiger charge is 2.53. The summed E-state index contributed by atoms with van der Waals surface area (Å²) < 4.78 is 0. The van der Waals surface area contributed by atoms with Crippen LogP contribution in [-0.4, -0.2) is 17.4 Å². The summed E-state index contributed by atoms with van der Waals surface area (Å²) in [4.78, 5) is 4.61. The van der Waals surface area contributed by atoms with Crippen molar-refractivity contribution in [2.75, 3.05) is 0 Å². The molecule has 3 fully saturated rings. The Morgan fingerprint density at radius 1 is 1.12 bits per heavy atom. The van der Waals surface area contributed by atoms with Crippen LogP contribution in [0.25, 0.3) is 0 Å². The quantitative estimate of drug-likeness (QED) is 0.714. The van der Waals surface area contributed by atoms with E-state index in [0.29, 0.717) is 23.1 Å². The fourth-order valence-corrected chi connectivity index (χ4v) is 6.40. The first kappa shape index (κ1) is 15.9. The van der Waals surface area contributed by atoms with Crippen LogP contribution < -0.4 is 0 Å². The largest absolute Gasteiger partial charge is 0.507 e. The number of aryl methyl sites for hydroxylation is 1. The molecule has 0 aliphatic heterocycles. The molecule has 0 spiro atoms. The van der Waals surface area contributed by atoms with Gasteiger partial charge < -0.3 is 5.11 Å². The van der Waals surface area contributed by atoms with E-state index in [0.717, 1.165) is 29.7 Å². The van der Waals surface area contributed by atoms with E-state index in [-0.39, 0.29) is 0 Å². The molecule has 0 amide bonds. The maximum absolute atomic E-state index is 10.4. The van der Waals surface area contributed by atoms with E-state index in [2.05, 4.69) is 24.9 Å². The number of nitrogens with zero attached hydrogens (tertiary/aromatic N) is 1. The second-order valence-electron chi connectivity index (χ2n) is 9.56. The Morgan fingerprint density at radius 2 is 1.96 bits per heavy atom. The summed E-state index contributed by atoms with van der Waals surface area (Å²) in [5.74, 6) is 3.79. The van der Waals surface area contributed by atoms with E-state index < -0.39 is 0 Å². The average Bonchev–Trinajstić information content (AvgIpc) is 3.37. The van der Waals surface area contributed by atoms with Crippen molar-refractivity contribution in [1.29, 1.82) is 0 Å². The zero-order chi connectivity index (χ0) is 17.2. The van der Waals surface area contributed by atoms with Gasteiger partial charge in [0.05, 0.1) is 6.04 Å². The number of rotatable bonds is 2. The molecule has 4 aliphatic carbocycles.